The third-order valence-corrected chi connectivity index (χ3v) is 4.27. The van der Waals surface area contributed by atoms with Crippen molar-refractivity contribution in [2.45, 2.75) is 25.9 Å². The maximum Gasteiger partial charge on any atom is 0.146 e. The van der Waals surface area contributed by atoms with E-state index in [2.05, 4.69) is 23.1 Å². The molecule has 0 atom stereocenters. The lowest BCUT2D eigenvalue weighted by molar-refractivity contribution is 0.0902. The number of fused-ring (bicyclic) bond motifs is 1. The molecule has 2 heterocycles. The molecule has 0 aromatic carbocycles. The highest BCUT2D eigenvalue weighted by atomic mass is 35.5. The van der Waals surface area contributed by atoms with E-state index in [4.69, 9.17) is 16.3 Å². The molecule has 0 aliphatic heterocycles. The largest absolute Gasteiger partial charge is 0.361 e. The van der Waals surface area contributed by atoms with Crippen LogP contribution in [0.15, 0.2) is 18.6 Å². The Labute approximate surface area is 107 Å². The second-order valence-electron chi connectivity index (χ2n) is 4.41. The summed E-state index contributed by atoms with van der Waals surface area (Å²) in [6.07, 6.45) is 3.40. The van der Waals surface area contributed by atoms with Crippen molar-refractivity contribution in [1.82, 2.24) is 14.5 Å². The molecule has 0 amide bonds. The summed E-state index contributed by atoms with van der Waals surface area (Å²) in [4.78, 5) is 8.16. The Bertz CT molecular complexity index is 500. The molecular formula is C11H16ClN3OSi. The van der Waals surface area contributed by atoms with Gasteiger partial charge in [-0.3, -0.25) is 0 Å². The van der Waals surface area contributed by atoms with Crippen molar-refractivity contribution < 1.29 is 4.74 Å². The van der Waals surface area contributed by atoms with Crippen LogP contribution in [0.4, 0.5) is 0 Å². The smallest absolute Gasteiger partial charge is 0.146 e. The van der Waals surface area contributed by atoms with Gasteiger partial charge in [0.1, 0.15) is 23.9 Å². The van der Waals surface area contributed by atoms with Gasteiger partial charge < -0.3 is 9.30 Å². The third-order valence-electron chi connectivity index (χ3n) is 2.58. The highest BCUT2D eigenvalue weighted by Crippen LogP contribution is 2.19. The maximum absolute atomic E-state index is 5.97. The Morgan fingerprint density at radius 2 is 2.24 bits per heavy atom. The second kappa shape index (κ2) is 5.62. The fraction of sp³-hybridized carbons (Fsp3) is 0.455. The molecule has 0 unspecified atom stereocenters. The van der Waals surface area contributed by atoms with Gasteiger partial charge in [-0.05, 0) is 12.1 Å². The van der Waals surface area contributed by atoms with Crippen molar-refractivity contribution in [2.75, 3.05) is 6.61 Å². The zero-order chi connectivity index (χ0) is 12.3. The van der Waals surface area contributed by atoms with Crippen LogP contribution in [0.1, 0.15) is 0 Å². The van der Waals surface area contributed by atoms with Crippen LogP contribution in [0, 0.1) is 0 Å². The van der Waals surface area contributed by atoms with Crippen molar-refractivity contribution in [2.24, 2.45) is 0 Å². The SMILES string of the molecule is C[SiH](C)CCOCn1ccc2c(Cl)ncnc21. The number of hydrogen-bond donors (Lipinski definition) is 0. The van der Waals surface area contributed by atoms with E-state index in [-0.39, 0.29) is 0 Å². The fourth-order valence-corrected chi connectivity index (χ4v) is 2.39. The summed E-state index contributed by atoms with van der Waals surface area (Å²) < 4.78 is 7.58. The van der Waals surface area contributed by atoms with Crippen LogP contribution >= 0.6 is 11.6 Å². The van der Waals surface area contributed by atoms with Gasteiger partial charge in [-0.25, -0.2) is 9.97 Å². The number of nitrogens with zero attached hydrogens (tertiary/aromatic N) is 3. The van der Waals surface area contributed by atoms with E-state index in [0.717, 1.165) is 17.6 Å². The Hall–Kier alpha value is -0.913. The van der Waals surface area contributed by atoms with Gasteiger partial charge in [0, 0.05) is 21.6 Å². The first-order chi connectivity index (χ1) is 8.18. The molecule has 0 spiro atoms. The van der Waals surface area contributed by atoms with Gasteiger partial charge in [0.15, 0.2) is 0 Å². The molecule has 0 radical (unpaired) electrons. The van der Waals surface area contributed by atoms with Crippen LogP contribution in [0.25, 0.3) is 11.0 Å². The van der Waals surface area contributed by atoms with Crippen molar-refractivity contribution in [3.05, 3.63) is 23.7 Å². The summed E-state index contributed by atoms with van der Waals surface area (Å²) in [6.45, 7) is 5.99. The second-order valence-corrected chi connectivity index (χ2v) is 8.13. The average molecular weight is 270 g/mol. The van der Waals surface area contributed by atoms with Crippen LogP contribution in [-0.2, 0) is 11.5 Å². The number of rotatable bonds is 5. The zero-order valence-corrected chi connectivity index (χ0v) is 12.0. The number of hydrogen-bond acceptors (Lipinski definition) is 3. The van der Waals surface area contributed by atoms with E-state index in [9.17, 15) is 0 Å². The van der Waals surface area contributed by atoms with E-state index in [1.807, 2.05) is 16.8 Å². The Morgan fingerprint density at radius 3 is 3.00 bits per heavy atom. The monoisotopic (exact) mass is 269 g/mol. The molecule has 0 fully saturated rings. The molecule has 17 heavy (non-hydrogen) atoms. The van der Waals surface area contributed by atoms with Crippen molar-refractivity contribution in [3.63, 3.8) is 0 Å². The first kappa shape index (κ1) is 12.5. The lowest BCUT2D eigenvalue weighted by Gasteiger charge is -2.07. The molecule has 0 bridgehead atoms. The normalized spacial score (nSPS) is 11.5. The van der Waals surface area contributed by atoms with Crippen molar-refractivity contribution in [3.8, 4) is 0 Å². The molecule has 0 saturated carbocycles. The summed E-state index contributed by atoms with van der Waals surface area (Å²) in [5.74, 6) is 0. The highest BCUT2D eigenvalue weighted by molar-refractivity contribution is 6.55. The molecule has 2 aromatic heterocycles. The summed E-state index contributed by atoms with van der Waals surface area (Å²) in [6, 6.07) is 3.12. The molecule has 2 aromatic rings. The van der Waals surface area contributed by atoms with E-state index < -0.39 is 8.80 Å². The summed E-state index contributed by atoms with van der Waals surface area (Å²) in [5, 5.41) is 1.36. The van der Waals surface area contributed by atoms with Gasteiger partial charge >= 0.3 is 0 Å². The quantitative estimate of drug-likeness (QED) is 0.476. The minimum Gasteiger partial charge on any atom is -0.361 e. The molecule has 0 aliphatic rings. The minimum absolute atomic E-state index is 0.489. The summed E-state index contributed by atoms with van der Waals surface area (Å²) in [5.41, 5.74) is 0.826. The minimum atomic E-state index is -0.520. The molecule has 0 aliphatic carbocycles. The van der Waals surface area contributed by atoms with E-state index >= 15 is 0 Å². The number of halogens is 1. The molecule has 0 N–H and O–H groups in total. The first-order valence-electron chi connectivity index (χ1n) is 5.71. The van der Waals surface area contributed by atoms with Gasteiger partial charge in [0.25, 0.3) is 0 Å². The van der Waals surface area contributed by atoms with Gasteiger partial charge in [-0.2, -0.15) is 0 Å². The van der Waals surface area contributed by atoms with Crippen LogP contribution in [0.2, 0.25) is 24.3 Å². The molecule has 0 saturated heterocycles. The Kier molecular flexibility index (Phi) is 4.14. The standard InChI is InChI=1S/C11H16ClN3OSi/c1-17(2)6-5-16-8-15-4-3-9-10(12)13-7-14-11(9)15/h3-4,7,17H,5-6,8H2,1-2H3. The van der Waals surface area contributed by atoms with Gasteiger partial charge in [0.05, 0.1) is 5.39 Å². The third kappa shape index (κ3) is 3.05. The van der Waals surface area contributed by atoms with Crippen molar-refractivity contribution in [1.29, 1.82) is 0 Å². The first-order valence-corrected chi connectivity index (χ1v) is 9.22. The zero-order valence-electron chi connectivity index (χ0n) is 10.1. The van der Waals surface area contributed by atoms with E-state index in [0.29, 0.717) is 11.9 Å². The summed E-state index contributed by atoms with van der Waals surface area (Å²) in [7, 11) is -0.520. The van der Waals surface area contributed by atoms with E-state index in [1.165, 1.54) is 12.4 Å². The molecular weight excluding hydrogens is 254 g/mol. The Morgan fingerprint density at radius 1 is 1.41 bits per heavy atom. The average Bonchev–Trinajstić information content (AvgIpc) is 2.69. The molecule has 92 valence electrons. The predicted octanol–water partition coefficient (Wildman–Crippen LogP) is 2.55. The van der Waals surface area contributed by atoms with Gasteiger partial charge in [-0.15, -0.1) is 0 Å². The van der Waals surface area contributed by atoms with Gasteiger partial charge in [-0.1, -0.05) is 24.7 Å². The lowest BCUT2D eigenvalue weighted by Crippen LogP contribution is -2.08. The topological polar surface area (TPSA) is 39.9 Å². The molecule has 4 nitrogen and oxygen atoms in total. The molecule has 6 heteroatoms. The lowest BCUT2D eigenvalue weighted by atomic mass is 10.4. The maximum atomic E-state index is 5.97. The van der Waals surface area contributed by atoms with Crippen LogP contribution in [-0.4, -0.2) is 29.9 Å². The van der Waals surface area contributed by atoms with Crippen molar-refractivity contribution >= 4 is 31.4 Å². The van der Waals surface area contributed by atoms with Crippen LogP contribution in [0.3, 0.4) is 0 Å². The predicted molar refractivity (Wildman–Crippen MR) is 72.2 cm³/mol. The number of aromatic nitrogens is 3. The summed E-state index contributed by atoms with van der Waals surface area (Å²) >= 11 is 5.97. The fourth-order valence-electron chi connectivity index (χ4n) is 1.56. The Balaban J connectivity index is 2.02. The van der Waals surface area contributed by atoms with E-state index in [1.54, 1.807) is 0 Å². The number of ether oxygens (including phenoxy) is 1. The molecule has 2 rings (SSSR count). The van der Waals surface area contributed by atoms with Gasteiger partial charge in [0.2, 0.25) is 0 Å². The highest BCUT2D eigenvalue weighted by Gasteiger charge is 2.06. The van der Waals surface area contributed by atoms with Crippen LogP contribution < -0.4 is 0 Å². The van der Waals surface area contributed by atoms with Crippen LogP contribution in [0.5, 0.6) is 0 Å².